The second kappa shape index (κ2) is 6.63. The van der Waals surface area contributed by atoms with Crippen LogP contribution < -0.4 is 0 Å². The van der Waals surface area contributed by atoms with Crippen molar-refractivity contribution in [2.75, 3.05) is 0 Å². The zero-order chi connectivity index (χ0) is 17.2. The lowest BCUT2D eigenvalue weighted by molar-refractivity contribution is -0.137. The SMILES string of the molecule is C=C(/C=C/c1ccc(Cl)c(C)c1)c1cc(C(F)(F)F)ccc1C. The maximum Gasteiger partial charge on any atom is 0.416 e. The van der Waals surface area contributed by atoms with Crippen LogP contribution in [0.15, 0.2) is 49.1 Å². The number of allylic oxidation sites excluding steroid dienone is 2. The highest BCUT2D eigenvalue weighted by molar-refractivity contribution is 6.31. The quantitative estimate of drug-likeness (QED) is 0.547. The Balaban J connectivity index is 2.30. The summed E-state index contributed by atoms with van der Waals surface area (Å²) in [6, 6.07) is 9.22. The molecule has 2 aromatic carbocycles. The number of aryl methyl sites for hydroxylation is 2. The van der Waals surface area contributed by atoms with E-state index in [1.807, 2.05) is 25.1 Å². The Hall–Kier alpha value is -2.00. The molecule has 0 fully saturated rings. The van der Waals surface area contributed by atoms with Gasteiger partial charge >= 0.3 is 6.18 Å². The summed E-state index contributed by atoms with van der Waals surface area (Å²) in [6.07, 6.45) is -0.837. The lowest BCUT2D eigenvalue weighted by Gasteiger charge is -2.11. The zero-order valence-corrected chi connectivity index (χ0v) is 13.6. The average Bonchev–Trinajstić information content (AvgIpc) is 2.47. The second-order valence-corrected chi connectivity index (χ2v) is 5.80. The molecule has 0 saturated heterocycles. The highest BCUT2D eigenvalue weighted by Crippen LogP contribution is 2.32. The lowest BCUT2D eigenvalue weighted by Crippen LogP contribution is -2.05. The highest BCUT2D eigenvalue weighted by atomic mass is 35.5. The summed E-state index contributed by atoms with van der Waals surface area (Å²) in [5, 5.41) is 0.676. The van der Waals surface area contributed by atoms with Crippen molar-refractivity contribution in [3.63, 3.8) is 0 Å². The minimum absolute atomic E-state index is 0.488. The van der Waals surface area contributed by atoms with E-state index >= 15 is 0 Å². The van der Waals surface area contributed by atoms with Gasteiger partial charge in [0.1, 0.15) is 0 Å². The van der Waals surface area contributed by atoms with Crippen LogP contribution in [0.25, 0.3) is 11.6 Å². The Bertz CT molecular complexity index is 771. The van der Waals surface area contributed by atoms with E-state index in [4.69, 9.17) is 11.6 Å². The molecule has 2 aromatic rings. The Kier molecular flexibility index (Phi) is 5.00. The zero-order valence-electron chi connectivity index (χ0n) is 12.8. The van der Waals surface area contributed by atoms with Crippen molar-refractivity contribution in [1.29, 1.82) is 0 Å². The van der Waals surface area contributed by atoms with Gasteiger partial charge in [-0.2, -0.15) is 13.2 Å². The summed E-state index contributed by atoms with van der Waals surface area (Å²) >= 11 is 5.97. The van der Waals surface area contributed by atoms with Crippen LogP contribution in [0.3, 0.4) is 0 Å². The van der Waals surface area contributed by atoms with Gasteiger partial charge in [0, 0.05) is 5.02 Å². The molecule has 0 nitrogen and oxygen atoms in total. The molecule has 23 heavy (non-hydrogen) atoms. The van der Waals surface area contributed by atoms with Gasteiger partial charge < -0.3 is 0 Å². The third-order valence-electron chi connectivity index (χ3n) is 3.57. The molecule has 0 aromatic heterocycles. The van der Waals surface area contributed by atoms with Crippen molar-refractivity contribution in [2.45, 2.75) is 20.0 Å². The predicted octanol–water partition coefficient (Wildman–Crippen LogP) is 6.70. The summed E-state index contributed by atoms with van der Waals surface area (Å²) in [6.45, 7) is 7.54. The van der Waals surface area contributed by atoms with Gasteiger partial charge in [-0.05, 0) is 59.9 Å². The fourth-order valence-electron chi connectivity index (χ4n) is 2.20. The molecule has 0 aliphatic carbocycles. The number of alkyl halides is 3. The molecule has 4 heteroatoms. The van der Waals surface area contributed by atoms with E-state index in [9.17, 15) is 13.2 Å². The molecule has 0 heterocycles. The Morgan fingerprint density at radius 3 is 2.35 bits per heavy atom. The van der Waals surface area contributed by atoms with E-state index in [-0.39, 0.29) is 0 Å². The standard InChI is InChI=1S/C19H16ClF3/c1-12(4-6-15-7-9-18(20)14(3)10-15)17-11-16(19(21,22)23)8-5-13(17)2/h4-11H,1H2,2-3H3/b6-4+. The molecule has 0 unspecified atom stereocenters. The fraction of sp³-hybridized carbons (Fsp3) is 0.158. The summed E-state index contributed by atoms with van der Waals surface area (Å²) in [5.41, 5.74) is 2.95. The monoisotopic (exact) mass is 336 g/mol. The van der Waals surface area contributed by atoms with Gasteiger partial charge in [-0.15, -0.1) is 0 Å². The van der Waals surface area contributed by atoms with Crippen LogP contribution in [-0.2, 0) is 6.18 Å². The minimum Gasteiger partial charge on any atom is -0.166 e. The number of hydrogen-bond donors (Lipinski definition) is 0. The molecule has 0 radical (unpaired) electrons. The van der Waals surface area contributed by atoms with Crippen LogP contribution in [0, 0.1) is 13.8 Å². The van der Waals surface area contributed by atoms with Crippen molar-refractivity contribution < 1.29 is 13.2 Å². The Labute approximate surface area is 138 Å². The molecule has 0 bridgehead atoms. The maximum atomic E-state index is 12.8. The van der Waals surface area contributed by atoms with Gasteiger partial charge in [-0.1, -0.05) is 48.5 Å². The first kappa shape index (κ1) is 17.4. The molecule has 2 rings (SSSR count). The van der Waals surface area contributed by atoms with Crippen molar-refractivity contribution in [3.05, 3.63) is 81.9 Å². The topological polar surface area (TPSA) is 0 Å². The van der Waals surface area contributed by atoms with E-state index in [0.29, 0.717) is 16.2 Å². The van der Waals surface area contributed by atoms with Crippen molar-refractivity contribution in [1.82, 2.24) is 0 Å². The van der Waals surface area contributed by atoms with E-state index in [2.05, 4.69) is 6.58 Å². The Morgan fingerprint density at radius 2 is 1.74 bits per heavy atom. The van der Waals surface area contributed by atoms with E-state index in [0.717, 1.165) is 28.8 Å². The smallest absolute Gasteiger partial charge is 0.166 e. The third kappa shape index (κ3) is 4.26. The van der Waals surface area contributed by atoms with Gasteiger partial charge in [0.05, 0.1) is 5.56 Å². The summed E-state index contributed by atoms with van der Waals surface area (Å²) in [4.78, 5) is 0. The Morgan fingerprint density at radius 1 is 1.04 bits per heavy atom. The van der Waals surface area contributed by atoms with Crippen LogP contribution in [0.2, 0.25) is 5.02 Å². The van der Waals surface area contributed by atoms with Crippen LogP contribution in [0.4, 0.5) is 13.2 Å². The third-order valence-corrected chi connectivity index (χ3v) is 3.99. The largest absolute Gasteiger partial charge is 0.416 e. The number of rotatable bonds is 3. The van der Waals surface area contributed by atoms with Gasteiger partial charge in [-0.3, -0.25) is 0 Å². The van der Waals surface area contributed by atoms with Crippen molar-refractivity contribution >= 4 is 23.3 Å². The van der Waals surface area contributed by atoms with Crippen LogP contribution >= 0.6 is 11.6 Å². The van der Waals surface area contributed by atoms with Gasteiger partial charge in [-0.25, -0.2) is 0 Å². The van der Waals surface area contributed by atoms with E-state index in [1.165, 1.54) is 6.07 Å². The normalized spacial score (nSPS) is 11.9. The van der Waals surface area contributed by atoms with Crippen LogP contribution in [0.1, 0.15) is 27.8 Å². The van der Waals surface area contributed by atoms with Crippen molar-refractivity contribution in [2.24, 2.45) is 0 Å². The molecule has 0 atom stereocenters. The summed E-state index contributed by atoms with van der Waals surface area (Å²) in [7, 11) is 0. The number of halogens is 4. The summed E-state index contributed by atoms with van der Waals surface area (Å²) in [5.74, 6) is 0. The molecule has 0 aliphatic rings. The summed E-state index contributed by atoms with van der Waals surface area (Å²) < 4.78 is 38.5. The van der Waals surface area contributed by atoms with Gasteiger partial charge in [0.15, 0.2) is 0 Å². The number of benzene rings is 2. The molecule has 0 saturated carbocycles. The van der Waals surface area contributed by atoms with Gasteiger partial charge in [0.25, 0.3) is 0 Å². The second-order valence-electron chi connectivity index (χ2n) is 5.39. The fourth-order valence-corrected chi connectivity index (χ4v) is 2.32. The lowest BCUT2D eigenvalue weighted by atomic mass is 9.98. The molecule has 0 aliphatic heterocycles. The number of hydrogen-bond acceptors (Lipinski definition) is 0. The van der Waals surface area contributed by atoms with E-state index < -0.39 is 11.7 Å². The van der Waals surface area contributed by atoms with Gasteiger partial charge in [0.2, 0.25) is 0 Å². The molecule has 0 spiro atoms. The highest BCUT2D eigenvalue weighted by Gasteiger charge is 2.30. The average molecular weight is 337 g/mol. The molecular weight excluding hydrogens is 321 g/mol. The van der Waals surface area contributed by atoms with E-state index in [1.54, 1.807) is 19.1 Å². The van der Waals surface area contributed by atoms with Crippen LogP contribution in [0.5, 0.6) is 0 Å². The molecule has 120 valence electrons. The minimum atomic E-state index is -4.36. The van der Waals surface area contributed by atoms with Crippen molar-refractivity contribution in [3.8, 4) is 0 Å². The first-order valence-electron chi connectivity index (χ1n) is 7.00. The first-order valence-corrected chi connectivity index (χ1v) is 7.37. The first-order chi connectivity index (χ1) is 10.7. The molecular formula is C19H16ClF3. The maximum absolute atomic E-state index is 12.8. The predicted molar refractivity (Wildman–Crippen MR) is 90.4 cm³/mol. The van der Waals surface area contributed by atoms with Crippen LogP contribution in [-0.4, -0.2) is 0 Å². The molecule has 0 amide bonds. The molecule has 0 N–H and O–H groups in total.